The highest BCUT2D eigenvalue weighted by Gasteiger charge is 2.09. The van der Waals surface area contributed by atoms with E-state index in [0.29, 0.717) is 5.75 Å². The van der Waals surface area contributed by atoms with E-state index in [9.17, 15) is 4.79 Å². The topological polar surface area (TPSA) is 55.1 Å². The standard InChI is InChI=1S/C17H20N2OS/c1-11-7-8-14(18)9-15(11)21-10-16(20)19-17-12(2)5-4-6-13(17)3/h4-9H,10,18H2,1-3H3,(H,19,20). The van der Waals surface area contributed by atoms with Crippen molar-refractivity contribution < 1.29 is 4.79 Å². The third-order valence-electron chi connectivity index (χ3n) is 3.32. The molecule has 1 amide bonds. The second kappa shape index (κ2) is 6.68. The molecule has 0 spiro atoms. The molecule has 3 nitrogen and oxygen atoms in total. The van der Waals surface area contributed by atoms with Gasteiger partial charge in [-0.15, -0.1) is 11.8 Å². The Labute approximate surface area is 129 Å². The van der Waals surface area contributed by atoms with Gasteiger partial charge in [-0.25, -0.2) is 0 Å². The molecular formula is C17H20N2OS. The minimum atomic E-state index is -0.000718. The highest BCUT2D eigenvalue weighted by atomic mass is 32.2. The summed E-state index contributed by atoms with van der Waals surface area (Å²) in [6.07, 6.45) is 0. The summed E-state index contributed by atoms with van der Waals surface area (Å²) in [6.45, 7) is 6.01. The Morgan fingerprint density at radius 2 is 1.76 bits per heavy atom. The van der Waals surface area contributed by atoms with Crippen LogP contribution >= 0.6 is 11.8 Å². The molecule has 110 valence electrons. The number of hydrogen-bond donors (Lipinski definition) is 2. The van der Waals surface area contributed by atoms with Gasteiger partial charge in [0.2, 0.25) is 5.91 Å². The van der Waals surface area contributed by atoms with Gasteiger partial charge in [0.15, 0.2) is 0 Å². The molecule has 2 rings (SSSR count). The van der Waals surface area contributed by atoms with Crippen molar-refractivity contribution in [2.24, 2.45) is 0 Å². The van der Waals surface area contributed by atoms with E-state index in [2.05, 4.69) is 5.32 Å². The molecule has 0 fully saturated rings. The minimum absolute atomic E-state index is 0.000718. The van der Waals surface area contributed by atoms with Crippen LogP contribution < -0.4 is 11.1 Å². The van der Waals surface area contributed by atoms with Crippen LogP contribution in [0.5, 0.6) is 0 Å². The predicted octanol–water partition coefficient (Wildman–Crippen LogP) is 3.92. The van der Waals surface area contributed by atoms with E-state index < -0.39 is 0 Å². The number of nitrogen functional groups attached to an aromatic ring is 1. The lowest BCUT2D eigenvalue weighted by molar-refractivity contribution is -0.113. The van der Waals surface area contributed by atoms with Gasteiger partial charge in [-0.2, -0.15) is 0 Å². The molecule has 0 aliphatic heterocycles. The minimum Gasteiger partial charge on any atom is -0.399 e. The molecule has 2 aromatic rings. The Morgan fingerprint density at radius 1 is 1.10 bits per heavy atom. The number of amides is 1. The molecule has 0 radical (unpaired) electrons. The zero-order valence-corrected chi connectivity index (χ0v) is 13.4. The van der Waals surface area contributed by atoms with Gasteiger partial charge in [-0.05, 0) is 49.6 Å². The number of hydrogen-bond acceptors (Lipinski definition) is 3. The molecule has 0 saturated heterocycles. The van der Waals surface area contributed by atoms with Gasteiger partial charge < -0.3 is 11.1 Å². The summed E-state index contributed by atoms with van der Waals surface area (Å²) in [4.78, 5) is 13.2. The molecule has 0 bridgehead atoms. The molecule has 21 heavy (non-hydrogen) atoms. The predicted molar refractivity (Wildman–Crippen MR) is 90.9 cm³/mol. The number of nitrogens with two attached hydrogens (primary N) is 1. The maximum Gasteiger partial charge on any atom is 0.234 e. The number of aryl methyl sites for hydroxylation is 3. The van der Waals surface area contributed by atoms with Gasteiger partial charge in [-0.3, -0.25) is 4.79 Å². The highest BCUT2D eigenvalue weighted by Crippen LogP contribution is 2.25. The molecule has 3 N–H and O–H groups in total. The fourth-order valence-corrected chi connectivity index (χ4v) is 2.98. The summed E-state index contributed by atoms with van der Waals surface area (Å²) >= 11 is 1.51. The molecule has 0 saturated carbocycles. The Kier molecular flexibility index (Phi) is 4.91. The number of rotatable bonds is 4. The second-order valence-corrected chi connectivity index (χ2v) is 6.15. The second-order valence-electron chi connectivity index (χ2n) is 5.13. The Hall–Kier alpha value is -1.94. The van der Waals surface area contributed by atoms with E-state index >= 15 is 0 Å². The monoisotopic (exact) mass is 300 g/mol. The van der Waals surface area contributed by atoms with Crippen LogP contribution in [-0.4, -0.2) is 11.7 Å². The summed E-state index contributed by atoms with van der Waals surface area (Å²) in [5, 5.41) is 2.99. The lowest BCUT2D eigenvalue weighted by atomic mass is 10.1. The van der Waals surface area contributed by atoms with Gasteiger partial charge >= 0.3 is 0 Å². The average molecular weight is 300 g/mol. The van der Waals surface area contributed by atoms with E-state index in [4.69, 9.17) is 5.73 Å². The Morgan fingerprint density at radius 3 is 2.43 bits per heavy atom. The lowest BCUT2D eigenvalue weighted by Gasteiger charge is -2.12. The normalized spacial score (nSPS) is 10.4. The number of benzene rings is 2. The quantitative estimate of drug-likeness (QED) is 0.664. The molecule has 4 heteroatoms. The first-order valence-electron chi connectivity index (χ1n) is 6.82. The van der Waals surface area contributed by atoms with Gasteiger partial charge in [0.25, 0.3) is 0 Å². The fraction of sp³-hybridized carbons (Fsp3) is 0.235. The molecule has 0 aliphatic rings. The van der Waals surface area contributed by atoms with Crippen LogP contribution in [0, 0.1) is 20.8 Å². The van der Waals surface area contributed by atoms with Crippen LogP contribution in [0.25, 0.3) is 0 Å². The van der Waals surface area contributed by atoms with E-state index in [1.165, 1.54) is 11.8 Å². The number of carbonyl (C=O) groups excluding carboxylic acids is 1. The van der Waals surface area contributed by atoms with Crippen molar-refractivity contribution in [1.82, 2.24) is 0 Å². The van der Waals surface area contributed by atoms with Crippen LogP contribution in [0.4, 0.5) is 11.4 Å². The van der Waals surface area contributed by atoms with Crippen molar-refractivity contribution in [3.05, 3.63) is 53.1 Å². The summed E-state index contributed by atoms with van der Waals surface area (Å²) in [7, 11) is 0. The molecule has 0 aromatic heterocycles. The molecule has 0 atom stereocenters. The summed E-state index contributed by atoms with van der Waals surface area (Å²) < 4.78 is 0. The fourth-order valence-electron chi connectivity index (χ4n) is 2.10. The number of nitrogens with one attached hydrogen (secondary N) is 1. The Bertz CT molecular complexity index is 648. The third kappa shape index (κ3) is 4.02. The smallest absolute Gasteiger partial charge is 0.234 e. The summed E-state index contributed by atoms with van der Waals surface area (Å²) in [5.41, 5.74) is 10.7. The van der Waals surface area contributed by atoms with Crippen molar-refractivity contribution in [1.29, 1.82) is 0 Å². The van der Waals surface area contributed by atoms with Crippen LogP contribution in [0.3, 0.4) is 0 Å². The van der Waals surface area contributed by atoms with E-state index in [0.717, 1.165) is 33.0 Å². The van der Waals surface area contributed by atoms with E-state index in [-0.39, 0.29) is 5.91 Å². The number of anilines is 2. The van der Waals surface area contributed by atoms with Crippen LogP contribution in [0.15, 0.2) is 41.3 Å². The summed E-state index contributed by atoms with van der Waals surface area (Å²) in [5.74, 6) is 0.372. The van der Waals surface area contributed by atoms with Gasteiger partial charge in [-0.1, -0.05) is 24.3 Å². The first kappa shape index (κ1) is 15.4. The Balaban J connectivity index is 2.01. The van der Waals surface area contributed by atoms with Gasteiger partial charge in [0, 0.05) is 16.3 Å². The van der Waals surface area contributed by atoms with Crippen molar-refractivity contribution in [2.75, 3.05) is 16.8 Å². The number of para-hydroxylation sites is 1. The van der Waals surface area contributed by atoms with E-state index in [1.54, 1.807) is 0 Å². The maximum absolute atomic E-state index is 12.1. The molecule has 0 aliphatic carbocycles. The zero-order valence-electron chi connectivity index (χ0n) is 12.6. The largest absolute Gasteiger partial charge is 0.399 e. The van der Waals surface area contributed by atoms with Crippen LogP contribution in [0.2, 0.25) is 0 Å². The first-order chi connectivity index (χ1) is 9.97. The number of thioether (sulfide) groups is 1. The first-order valence-corrected chi connectivity index (χ1v) is 7.81. The summed E-state index contributed by atoms with van der Waals surface area (Å²) in [6, 6.07) is 11.7. The molecule has 0 heterocycles. The molecule has 0 unspecified atom stereocenters. The van der Waals surface area contributed by atoms with Crippen LogP contribution in [-0.2, 0) is 4.79 Å². The van der Waals surface area contributed by atoms with E-state index in [1.807, 2.05) is 57.2 Å². The molecular weight excluding hydrogens is 280 g/mol. The SMILES string of the molecule is Cc1ccc(N)cc1SCC(=O)Nc1c(C)cccc1C. The van der Waals surface area contributed by atoms with Crippen LogP contribution in [0.1, 0.15) is 16.7 Å². The van der Waals surface area contributed by atoms with Crippen molar-refractivity contribution >= 4 is 29.0 Å². The van der Waals surface area contributed by atoms with Crippen molar-refractivity contribution in [3.63, 3.8) is 0 Å². The van der Waals surface area contributed by atoms with Gasteiger partial charge in [0.05, 0.1) is 5.75 Å². The number of carbonyl (C=O) groups is 1. The maximum atomic E-state index is 12.1. The van der Waals surface area contributed by atoms with Gasteiger partial charge in [0.1, 0.15) is 0 Å². The average Bonchev–Trinajstić information content (AvgIpc) is 2.44. The zero-order chi connectivity index (χ0) is 15.4. The third-order valence-corrected chi connectivity index (χ3v) is 4.47. The lowest BCUT2D eigenvalue weighted by Crippen LogP contribution is -2.15. The van der Waals surface area contributed by atoms with Crippen molar-refractivity contribution in [3.8, 4) is 0 Å². The molecule has 2 aromatic carbocycles. The van der Waals surface area contributed by atoms with Crippen molar-refractivity contribution in [2.45, 2.75) is 25.7 Å². The highest BCUT2D eigenvalue weighted by molar-refractivity contribution is 8.00.